The number of halogens is 5. The molecule has 1 unspecified atom stereocenters. The number of nitrogens with zero attached hydrogens (tertiary/aromatic N) is 2. The van der Waals surface area contributed by atoms with Crippen LogP contribution in [0.1, 0.15) is 47.1 Å². The maximum absolute atomic E-state index is 14.8. The summed E-state index contributed by atoms with van der Waals surface area (Å²) in [6.45, 7) is 1.43. The van der Waals surface area contributed by atoms with Gasteiger partial charge in [-0.3, -0.25) is 9.59 Å². The van der Waals surface area contributed by atoms with Crippen LogP contribution in [-0.2, 0) is 15.8 Å². The Morgan fingerprint density at radius 3 is 2.48 bits per heavy atom. The van der Waals surface area contributed by atoms with Crippen molar-refractivity contribution in [2.45, 2.75) is 50.0 Å². The maximum atomic E-state index is 14.8. The largest absolute Gasteiger partial charge is 0.489 e. The van der Waals surface area contributed by atoms with Gasteiger partial charge in [-0.15, -0.1) is 0 Å². The Kier molecular flexibility index (Phi) is 7.59. The topological polar surface area (TPSA) is 137 Å². The second-order valence-corrected chi connectivity index (χ2v) is 12.1. The van der Waals surface area contributed by atoms with Crippen LogP contribution in [0, 0.1) is 12.7 Å². The lowest BCUT2D eigenvalue weighted by Crippen LogP contribution is -2.51. The number of carbonyl (C=O) groups is 2. The van der Waals surface area contributed by atoms with Gasteiger partial charge in [-0.25, -0.2) is 14.4 Å². The second-order valence-electron chi connectivity index (χ2n) is 11.7. The third-order valence-electron chi connectivity index (χ3n) is 8.22. The van der Waals surface area contributed by atoms with Crippen molar-refractivity contribution < 1.29 is 41.7 Å². The number of nitrogens with two attached hydrogens (primary N) is 1. The zero-order valence-electron chi connectivity index (χ0n) is 24.5. The zero-order valence-corrected chi connectivity index (χ0v) is 25.2. The molecule has 0 saturated heterocycles. The van der Waals surface area contributed by atoms with Gasteiger partial charge in [0.1, 0.15) is 40.5 Å². The van der Waals surface area contributed by atoms with E-state index < -0.39 is 47.1 Å². The fraction of sp³-hybridized carbons (Fsp3) is 0.312. The summed E-state index contributed by atoms with van der Waals surface area (Å²) in [5.41, 5.74) is 0.197. The summed E-state index contributed by atoms with van der Waals surface area (Å²) in [5.74, 6) is -2.21. The highest BCUT2D eigenvalue weighted by Gasteiger charge is 2.57. The van der Waals surface area contributed by atoms with Crippen molar-refractivity contribution in [1.82, 2.24) is 15.3 Å². The van der Waals surface area contributed by atoms with Crippen LogP contribution in [-0.4, -0.2) is 52.3 Å². The Bertz CT molecular complexity index is 1900. The van der Waals surface area contributed by atoms with Crippen molar-refractivity contribution in [1.29, 1.82) is 0 Å². The van der Waals surface area contributed by atoms with Crippen molar-refractivity contribution in [2.75, 3.05) is 13.2 Å². The van der Waals surface area contributed by atoms with E-state index >= 15 is 0 Å². The minimum Gasteiger partial charge on any atom is -0.489 e. The summed E-state index contributed by atoms with van der Waals surface area (Å²) in [7, 11) is 0. The lowest BCUT2D eigenvalue weighted by atomic mass is 9.81. The highest BCUT2D eigenvalue weighted by molar-refractivity contribution is 6.31. The monoisotopic (exact) mass is 658 g/mol. The summed E-state index contributed by atoms with van der Waals surface area (Å²) in [6.07, 6.45) is -3.85. The van der Waals surface area contributed by atoms with E-state index in [-0.39, 0.29) is 46.6 Å². The number of alkyl halides is 3. The SMILES string of the molecule is Cc1nc2c(OC3CC3)cc(C(=O)NCC(O)(c3cc4c(c(-c5ccc(F)cc5)n3)OC[C@]4(C)C(N)=O)C(F)(F)F)cc2cc1Cl. The molecule has 0 bridgehead atoms. The summed E-state index contributed by atoms with van der Waals surface area (Å²) in [5, 5.41) is 14.2. The first-order valence-corrected chi connectivity index (χ1v) is 14.6. The van der Waals surface area contributed by atoms with Crippen LogP contribution in [0.15, 0.2) is 48.5 Å². The van der Waals surface area contributed by atoms with E-state index in [0.29, 0.717) is 21.6 Å². The van der Waals surface area contributed by atoms with E-state index in [2.05, 4.69) is 15.3 Å². The van der Waals surface area contributed by atoms with E-state index in [9.17, 15) is 32.3 Å². The average molecular weight is 659 g/mol. The van der Waals surface area contributed by atoms with Gasteiger partial charge in [-0.1, -0.05) is 11.6 Å². The number of aromatic nitrogens is 2. The third-order valence-corrected chi connectivity index (χ3v) is 8.61. The minimum atomic E-state index is -5.37. The molecule has 1 fully saturated rings. The van der Waals surface area contributed by atoms with E-state index in [0.717, 1.165) is 31.0 Å². The van der Waals surface area contributed by atoms with Crippen LogP contribution in [0.3, 0.4) is 0 Å². The molecule has 2 amide bonds. The van der Waals surface area contributed by atoms with Gasteiger partial charge >= 0.3 is 6.18 Å². The number of nitrogens with one attached hydrogen (secondary N) is 1. The highest BCUT2D eigenvalue weighted by atomic mass is 35.5. The predicted molar refractivity (Wildman–Crippen MR) is 159 cm³/mol. The molecule has 0 radical (unpaired) electrons. The van der Waals surface area contributed by atoms with Crippen LogP contribution >= 0.6 is 11.6 Å². The number of hydrogen-bond acceptors (Lipinski definition) is 7. The lowest BCUT2D eigenvalue weighted by molar-refractivity contribution is -0.265. The van der Waals surface area contributed by atoms with Crippen molar-refractivity contribution in [2.24, 2.45) is 5.73 Å². The Labute approximate surface area is 264 Å². The molecule has 14 heteroatoms. The van der Waals surface area contributed by atoms with E-state index in [4.69, 9.17) is 26.8 Å². The molecule has 1 aliphatic carbocycles. The molecular formula is C32H27ClF4N4O5. The number of benzene rings is 2. The maximum Gasteiger partial charge on any atom is 0.424 e. The molecule has 1 saturated carbocycles. The van der Waals surface area contributed by atoms with E-state index in [1.807, 2.05) is 0 Å². The molecule has 4 N–H and O–H groups in total. The molecule has 6 rings (SSSR count). The van der Waals surface area contributed by atoms with Crippen LogP contribution in [0.5, 0.6) is 11.5 Å². The van der Waals surface area contributed by atoms with Gasteiger partial charge in [0.05, 0.1) is 29.1 Å². The Balaban J connectivity index is 1.41. The first-order valence-electron chi connectivity index (χ1n) is 14.2. The van der Waals surface area contributed by atoms with Gasteiger partial charge in [0.2, 0.25) is 11.5 Å². The van der Waals surface area contributed by atoms with Crippen molar-refractivity contribution >= 4 is 34.3 Å². The minimum absolute atomic E-state index is 0.0351. The molecule has 3 heterocycles. The third kappa shape index (κ3) is 5.47. The standard InChI is InChI=1S/C32H27ClF4N4O5/c1-15-22(33)10-17-9-18(11-23(25(17)40-15)46-20-7-8-20)28(42)39-13-31(44,32(35,36)37)24-12-21-27(45-14-30(21,2)29(38)43)26(41-24)16-3-5-19(34)6-4-16/h3-6,9-12,20,44H,7-8,13-14H2,1-2H3,(H2,38,43)(H,39,42)/t30-,31?/m0/s1. The van der Waals surface area contributed by atoms with E-state index in [1.54, 1.807) is 13.0 Å². The van der Waals surface area contributed by atoms with Gasteiger partial charge in [0, 0.05) is 22.1 Å². The summed E-state index contributed by atoms with van der Waals surface area (Å²) in [4.78, 5) is 34.4. The van der Waals surface area contributed by atoms with Crippen molar-refractivity contribution in [3.63, 3.8) is 0 Å². The van der Waals surface area contributed by atoms with E-state index in [1.165, 1.54) is 31.2 Å². The predicted octanol–water partition coefficient (Wildman–Crippen LogP) is 5.25. The normalized spacial score (nSPS) is 18.9. The van der Waals surface area contributed by atoms with Gasteiger partial charge in [-0.2, -0.15) is 13.2 Å². The lowest BCUT2D eigenvalue weighted by Gasteiger charge is -2.31. The zero-order chi connectivity index (χ0) is 33.2. The number of carbonyl (C=O) groups excluding carboxylic acids is 2. The fourth-order valence-corrected chi connectivity index (χ4v) is 5.32. The fourth-order valence-electron chi connectivity index (χ4n) is 5.16. The van der Waals surface area contributed by atoms with Gasteiger partial charge in [0.15, 0.2) is 0 Å². The Hall–Kier alpha value is -4.49. The number of rotatable bonds is 8. The summed E-state index contributed by atoms with van der Waals surface area (Å²) < 4.78 is 69.7. The van der Waals surface area contributed by atoms with Crippen LogP contribution in [0.2, 0.25) is 5.02 Å². The quantitative estimate of drug-likeness (QED) is 0.220. The molecule has 46 heavy (non-hydrogen) atoms. The number of primary amides is 1. The van der Waals surface area contributed by atoms with Gasteiger partial charge in [0.25, 0.3) is 5.91 Å². The first kappa shape index (κ1) is 31.5. The van der Waals surface area contributed by atoms with Crippen LogP contribution in [0.4, 0.5) is 17.6 Å². The first-order chi connectivity index (χ1) is 21.6. The summed E-state index contributed by atoms with van der Waals surface area (Å²) in [6, 6.07) is 9.93. The molecule has 1 aliphatic heterocycles. The van der Waals surface area contributed by atoms with Crippen molar-refractivity contribution in [3.05, 3.63) is 81.9 Å². The number of aryl methyl sites for hydroxylation is 1. The molecule has 2 aromatic heterocycles. The van der Waals surface area contributed by atoms with Crippen molar-refractivity contribution in [3.8, 4) is 22.8 Å². The number of fused-ring (bicyclic) bond motifs is 2. The number of ether oxygens (including phenoxy) is 2. The van der Waals surface area contributed by atoms with Crippen LogP contribution < -0.4 is 20.5 Å². The molecule has 0 spiro atoms. The number of hydrogen-bond donors (Lipinski definition) is 3. The molecule has 2 aliphatic rings. The molecule has 9 nitrogen and oxygen atoms in total. The highest BCUT2D eigenvalue weighted by Crippen LogP contribution is 2.48. The smallest absolute Gasteiger partial charge is 0.424 e. The summed E-state index contributed by atoms with van der Waals surface area (Å²) >= 11 is 6.25. The molecule has 2 aromatic carbocycles. The number of aliphatic hydroxyl groups is 1. The average Bonchev–Trinajstić information content (AvgIpc) is 3.75. The number of amides is 2. The Morgan fingerprint density at radius 1 is 1.15 bits per heavy atom. The molecule has 2 atom stereocenters. The Morgan fingerprint density at radius 2 is 1.85 bits per heavy atom. The molecule has 4 aromatic rings. The molecule has 240 valence electrons. The van der Waals surface area contributed by atoms with Gasteiger partial charge < -0.3 is 25.6 Å². The van der Waals surface area contributed by atoms with Crippen LogP contribution in [0.25, 0.3) is 22.2 Å². The molecular weight excluding hydrogens is 632 g/mol. The van der Waals surface area contributed by atoms with Gasteiger partial charge in [-0.05, 0) is 75.2 Å². The number of pyridine rings is 2. The second kappa shape index (κ2) is 11.1.